The molecular formula is C28H34N4O4. The van der Waals surface area contributed by atoms with Gasteiger partial charge in [-0.05, 0) is 62.2 Å². The number of nitrogens with one attached hydrogen (secondary N) is 1. The molecule has 0 atom stereocenters. The lowest BCUT2D eigenvalue weighted by Crippen LogP contribution is -2.47. The molecule has 1 fully saturated rings. The van der Waals surface area contributed by atoms with Gasteiger partial charge in [0.05, 0.1) is 5.52 Å². The zero-order chi connectivity index (χ0) is 25.9. The topological polar surface area (TPSA) is 106 Å². The van der Waals surface area contributed by atoms with Crippen molar-refractivity contribution in [1.29, 1.82) is 0 Å². The summed E-state index contributed by atoms with van der Waals surface area (Å²) in [5.74, 6) is -1.54. The molecule has 0 radical (unpaired) electrons. The molecule has 3 aromatic rings. The third-order valence-corrected chi connectivity index (χ3v) is 6.21. The Kier molecular flexibility index (Phi) is 9.82. The summed E-state index contributed by atoms with van der Waals surface area (Å²) in [4.78, 5) is 28.9. The molecule has 1 aliphatic heterocycles. The van der Waals surface area contributed by atoms with Crippen LogP contribution in [0.2, 0.25) is 0 Å². The minimum absolute atomic E-state index is 0.558. The van der Waals surface area contributed by atoms with Gasteiger partial charge in [-0.3, -0.25) is 4.90 Å². The monoisotopic (exact) mass is 490 g/mol. The van der Waals surface area contributed by atoms with E-state index in [-0.39, 0.29) is 0 Å². The van der Waals surface area contributed by atoms with Crippen LogP contribution in [0.4, 0.5) is 11.5 Å². The highest BCUT2D eigenvalue weighted by atomic mass is 16.4. The van der Waals surface area contributed by atoms with Crippen molar-refractivity contribution in [3.63, 3.8) is 0 Å². The van der Waals surface area contributed by atoms with E-state index in [2.05, 4.69) is 82.5 Å². The maximum absolute atomic E-state index is 9.55. The standard InChI is InChI=1S/C24H30N4.C4H4O4/c1-19-7-5-10-23(20(19)2)28-17-15-27(16-18-28)14-6-13-25-24-12-11-21-8-3-4-9-22(21)26-24;5-3(6)1-2-4(7)8/h3-5,7-12H,6,13-18H2,1-2H3,(H,25,26);1-2H,(H,5,6)(H,7,8)/b;2-1+. The number of fused-ring (bicyclic) bond motifs is 1. The molecule has 0 unspecified atom stereocenters. The van der Waals surface area contributed by atoms with E-state index in [0.29, 0.717) is 12.2 Å². The number of aromatic nitrogens is 1. The summed E-state index contributed by atoms with van der Waals surface area (Å²) in [6.07, 6.45) is 2.25. The number of hydrogen-bond donors (Lipinski definition) is 3. The highest BCUT2D eigenvalue weighted by Crippen LogP contribution is 2.24. The lowest BCUT2D eigenvalue weighted by atomic mass is 10.1. The predicted octanol–water partition coefficient (Wildman–Crippen LogP) is 4.19. The number of rotatable bonds is 8. The van der Waals surface area contributed by atoms with E-state index in [1.807, 2.05) is 6.07 Å². The van der Waals surface area contributed by atoms with Crippen LogP contribution in [-0.4, -0.2) is 71.3 Å². The van der Waals surface area contributed by atoms with Crippen LogP contribution in [0.15, 0.2) is 66.7 Å². The van der Waals surface area contributed by atoms with E-state index in [1.54, 1.807) is 0 Å². The summed E-state index contributed by atoms with van der Waals surface area (Å²) in [7, 11) is 0. The number of aryl methyl sites for hydroxylation is 1. The van der Waals surface area contributed by atoms with Crippen molar-refractivity contribution in [2.24, 2.45) is 0 Å². The Morgan fingerprint density at radius 1 is 0.917 bits per heavy atom. The second-order valence-electron chi connectivity index (χ2n) is 8.73. The number of para-hydroxylation sites is 1. The van der Waals surface area contributed by atoms with Gasteiger partial charge in [0.25, 0.3) is 0 Å². The Labute approximate surface area is 211 Å². The molecule has 0 aliphatic carbocycles. The Bertz CT molecular complexity index is 1190. The molecule has 1 saturated heterocycles. The van der Waals surface area contributed by atoms with Gasteiger partial charge in [-0.2, -0.15) is 0 Å². The first-order valence-corrected chi connectivity index (χ1v) is 12.1. The minimum atomic E-state index is -1.26. The first-order chi connectivity index (χ1) is 17.3. The van der Waals surface area contributed by atoms with E-state index in [9.17, 15) is 9.59 Å². The molecule has 0 amide bonds. The van der Waals surface area contributed by atoms with Gasteiger partial charge < -0.3 is 20.4 Å². The van der Waals surface area contributed by atoms with E-state index < -0.39 is 11.9 Å². The first-order valence-electron chi connectivity index (χ1n) is 12.1. The number of anilines is 2. The van der Waals surface area contributed by atoms with E-state index in [4.69, 9.17) is 10.2 Å². The van der Waals surface area contributed by atoms with Gasteiger partial charge in [0.1, 0.15) is 5.82 Å². The zero-order valence-electron chi connectivity index (χ0n) is 20.9. The van der Waals surface area contributed by atoms with Gasteiger partial charge >= 0.3 is 11.9 Å². The molecule has 8 heteroatoms. The number of hydrogen-bond acceptors (Lipinski definition) is 6. The number of carboxylic acid groups (broad SMARTS) is 2. The third kappa shape index (κ3) is 8.09. The molecule has 4 rings (SSSR count). The van der Waals surface area contributed by atoms with Crippen LogP contribution in [0.5, 0.6) is 0 Å². The number of carboxylic acids is 2. The van der Waals surface area contributed by atoms with Crippen LogP contribution >= 0.6 is 0 Å². The second kappa shape index (κ2) is 13.3. The summed E-state index contributed by atoms with van der Waals surface area (Å²) in [6, 6.07) is 19.1. The maximum Gasteiger partial charge on any atom is 0.328 e. The van der Waals surface area contributed by atoms with Crippen LogP contribution in [0.25, 0.3) is 10.9 Å². The lowest BCUT2D eigenvalue weighted by molar-refractivity contribution is -0.134. The molecule has 3 N–H and O–H groups in total. The van der Waals surface area contributed by atoms with E-state index >= 15 is 0 Å². The molecule has 2 aromatic carbocycles. The summed E-state index contributed by atoms with van der Waals surface area (Å²) in [5.41, 5.74) is 5.26. The minimum Gasteiger partial charge on any atom is -0.478 e. The molecule has 190 valence electrons. The summed E-state index contributed by atoms with van der Waals surface area (Å²) in [5, 5.41) is 20.3. The number of pyridine rings is 1. The van der Waals surface area contributed by atoms with Gasteiger partial charge in [0.15, 0.2) is 0 Å². The van der Waals surface area contributed by atoms with Crippen molar-refractivity contribution in [2.45, 2.75) is 20.3 Å². The Balaban J connectivity index is 0.000000392. The Hall–Kier alpha value is -3.91. The molecule has 0 spiro atoms. The summed E-state index contributed by atoms with van der Waals surface area (Å²) < 4.78 is 0. The fraction of sp³-hybridized carbons (Fsp3) is 0.321. The van der Waals surface area contributed by atoms with Gasteiger partial charge in [-0.1, -0.05) is 30.3 Å². The first kappa shape index (κ1) is 26.7. The van der Waals surface area contributed by atoms with E-state index in [1.165, 1.54) is 22.2 Å². The summed E-state index contributed by atoms with van der Waals surface area (Å²) in [6.45, 7) is 11.1. The molecule has 1 aromatic heterocycles. The molecule has 8 nitrogen and oxygen atoms in total. The maximum atomic E-state index is 9.55. The molecule has 0 saturated carbocycles. The third-order valence-electron chi connectivity index (χ3n) is 6.21. The largest absolute Gasteiger partial charge is 0.478 e. The average molecular weight is 491 g/mol. The number of nitrogens with zero attached hydrogens (tertiary/aromatic N) is 3. The van der Waals surface area contributed by atoms with Crippen LogP contribution in [-0.2, 0) is 9.59 Å². The van der Waals surface area contributed by atoms with Gasteiger partial charge in [0.2, 0.25) is 0 Å². The fourth-order valence-corrected chi connectivity index (χ4v) is 4.12. The molecule has 1 aliphatic rings. The average Bonchev–Trinajstić information content (AvgIpc) is 2.88. The normalized spacial score (nSPS) is 13.9. The Morgan fingerprint density at radius 2 is 1.61 bits per heavy atom. The lowest BCUT2D eigenvalue weighted by Gasteiger charge is -2.37. The quantitative estimate of drug-likeness (QED) is 0.319. The number of carbonyl (C=O) groups is 2. The van der Waals surface area contributed by atoms with Crippen molar-refractivity contribution >= 4 is 34.3 Å². The van der Waals surface area contributed by atoms with Gasteiger partial charge in [-0.25, -0.2) is 14.6 Å². The van der Waals surface area contributed by atoms with E-state index in [0.717, 1.165) is 57.0 Å². The molecule has 2 heterocycles. The smallest absolute Gasteiger partial charge is 0.328 e. The van der Waals surface area contributed by atoms with Crippen molar-refractivity contribution in [2.75, 3.05) is 49.5 Å². The predicted molar refractivity (Wildman–Crippen MR) is 144 cm³/mol. The van der Waals surface area contributed by atoms with Crippen LogP contribution in [0, 0.1) is 13.8 Å². The van der Waals surface area contributed by atoms with Gasteiger partial charge in [0, 0.05) is 55.9 Å². The second-order valence-corrected chi connectivity index (χ2v) is 8.73. The molecule has 0 bridgehead atoms. The van der Waals surface area contributed by atoms with Gasteiger partial charge in [-0.15, -0.1) is 0 Å². The Morgan fingerprint density at radius 3 is 2.31 bits per heavy atom. The SMILES string of the molecule is Cc1cccc(N2CCN(CCCNc3ccc4ccccc4n3)CC2)c1C.O=C(O)/C=C/C(=O)O. The van der Waals surface area contributed by atoms with Crippen molar-refractivity contribution in [3.05, 3.63) is 77.9 Å². The zero-order valence-corrected chi connectivity index (χ0v) is 20.9. The molecular weight excluding hydrogens is 456 g/mol. The van der Waals surface area contributed by atoms with Crippen molar-refractivity contribution in [1.82, 2.24) is 9.88 Å². The van der Waals surface area contributed by atoms with Crippen molar-refractivity contribution in [3.8, 4) is 0 Å². The van der Waals surface area contributed by atoms with Crippen LogP contribution in [0.1, 0.15) is 17.5 Å². The number of benzene rings is 2. The summed E-state index contributed by atoms with van der Waals surface area (Å²) >= 11 is 0. The van der Waals surface area contributed by atoms with Crippen LogP contribution < -0.4 is 10.2 Å². The highest BCUT2D eigenvalue weighted by Gasteiger charge is 2.18. The van der Waals surface area contributed by atoms with Crippen molar-refractivity contribution < 1.29 is 19.8 Å². The molecule has 36 heavy (non-hydrogen) atoms. The number of aliphatic carboxylic acids is 2. The highest BCUT2D eigenvalue weighted by molar-refractivity contribution is 5.89. The number of piperazine rings is 1. The fourth-order valence-electron chi connectivity index (χ4n) is 4.12. The van der Waals surface area contributed by atoms with Crippen LogP contribution in [0.3, 0.4) is 0 Å².